The second kappa shape index (κ2) is 8.26. The number of amides is 1. The van der Waals surface area contributed by atoms with Crippen LogP contribution in [-0.4, -0.2) is 11.0 Å². The van der Waals surface area contributed by atoms with Gasteiger partial charge in [-0.15, -0.1) is 11.3 Å². The van der Waals surface area contributed by atoms with Crippen LogP contribution in [0.25, 0.3) is 6.08 Å². The van der Waals surface area contributed by atoms with Crippen molar-refractivity contribution in [3.63, 3.8) is 0 Å². The van der Waals surface area contributed by atoms with Gasteiger partial charge in [-0.1, -0.05) is 18.2 Å². The maximum atomic E-state index is 12.8. The zero-order chi connectivity index (χ0) is 15.8. The van der Waals surface area contributed by atoms with Gasteiger partial charge in [0.15, 0.2) is 5.11 Å². The van der Waals surface area contributed by atoms with Gasteiger partial charge in [-0.25, -0.2) is 4.39 Å². The van der Waals surface area contributed by atoms with Crippen molar-refractivity contribution in [1.29, 1.82) is 0 Å². The van der Waals surface area contributed by atoms with E-state index in [9.17, 15) is 9.18 Å². The van der Waals surface area contributed by atoms with Crippen molar-refractivity contribution in [2.45, 2.75) is 6.54 Å². The minimum Gasteiger partial charge on any atom is -0.357 e. The quantitative estimate of drug-likeness (QED) is 0.457. The highest BCUT2D eigenvalue weighted by Crippen LogP contribution is 2.09. The average molecular weight is 335 g/mol. The number of carbonyl (C=O) groups excluding carboxylic acids is 1. The Kier molecular flexibility index (Phi) is 6.05. The zero-order valence-corrected chi connectivity index (χ0v) is 13.1. The molecule has 0 atom stereocenters. The van der Waals surface area contributed by atoms with E-state index in [1.807, 2.05) is 17.5 Å². The molecule has 1 heterocycles. The lowest BCUT2D eigenvalue weighted by Crippen LogP contribution is -2.45. The first kappa shape index (κ1) is 16.1. The van der Waals surface area contributed by atoms with Gasteiger partial charge in [-0.2, -0.15) is 0 Å². The molecule has 0 unspecified atom stereocenters. The van der Waals surface area contributed by atoms with Crippen LogP contribution in [0.4, 0.5) is 4.39 Å². The number of hydrogen-bond donors (Lipinski definition) is 3. The molecular formula is C15H14FN3OS2. The van der Waals surface area contributed by atoms with Gasteiger partial charge in [0.25, 0.3) is 5.91 Å². The Morgan fingerprint density at radius 3 is 2.68 bits per heavy atom. The summed E-state index contributed by atoms with van der Waals surface area (Å²) in [6.45, 7) is 0.438. The molecule has 7 heteroatoms. The van der Waals surface area contributed by atoms with Crippen molar-refractivity contribution in [3.05, 3.63) is 64.1 Å². The summed E-state index contributed by atoms with van der Waals surface area (Å²) < 4.78 is 12.8. The van der Waals surface area contributed by atoms with Crippen molar-refractivity contribution in [2.75, 3.05) is 0 Å². The molecular weight excluding hydrogens is 321 g/mol. The van der Waals surface area contributed by atoms with Gasteiger partial charge < -0.3 is 5.32 Å². The lowest BCUT2D eigenvalue weighted by molar-refractivity contribution is -0.116. The Morgan fingerprint density at radius 1 is 1.23 bits per heavy atom. The summed E-state index contributed by atoms with van der Waals surface area (Å²) in [4.78, 5) is 12.6. The highest BCUT2D eigenvalue weighted by Gasteiger charge is 1.99. The van der Waals surface area contributed by atoms with Crippen LogP contribution in [0.3, 0.4) is 0 Å². The third-order valence-electron chi connectivity index (χ3n) is 2.61. The van der Waals surface area contributed by atoms with Crippen LogP contribution >= 0.6 is 23.6 Å². The first-order chi connectivity index (χ1) is 10.6. The van der Waals surface area contributed by atoms with Crippen LogP contribution in [-0.2, 0) is 11.3 Å². The molecule has 22 heavy (non-hydrogen) atoms. The molecule has 1 amide bonds. The number of hydrogen-bond acceptors (Lipinski definition) is 3. The number of nitrogens with one attached hydrogen (secondary N) is 3. The second-order valence-corrected chi connectivity index (χ2v) is 5.66. The second-order valence-electron chi connectivity index (χ2n) is 4.27. The maximum absolute atomic E-state index is 12.8. The fourth-order valence-electron chi connectivity index (χ4n) is 1.53. The zero-order valence-electron chi connectivity index (χ0n) is 11.5. The number of hydrazine groups is 1. The monoisotopic (exact) mass is 335 g/mol. The Morgan fingerprint density at radius 2 is 2.00 bits per heavy atom. The van der Waals surface area contributed by atoms with Gasteiger partial charge in [0.05, 0.1) is 0 Å². The molecule has 2 aromatic rings. The van der Waals surface area contributed by atoms with E-state index < -0.39 is 0 Å². The molecule has 0 aliphatic heterocycles. The number of benzene rings is 1. The first-order valence-electron chi connectivity index (χ1n) is 6.43. The molecule has 0 aliphatic rings. The molecule has 3 N–H and O–H groups in total. The average Bonchev–Trinajstić information content (AvgIpc) is 3.04. The molecule has 4 nitrogen and oxygen atoms in total. The SMILES string of the molecule is O=C(/C=C/c1cccs1)NNC(=S)NCc1ccc(F)cc1. The maximum Gasteiger partial charge on any atom is 0.262 e. The molecule has 0 saturated carbocycles. The Hall–Kier alpha value is -2.25. The summed E-state index contributed by atoms with van der Waals surface area (Å²) in [5.74, 6) is -0.589. The fraction of sp³-hybridized carbons (Fsp3) is 0.0667. The summed E-state index contributed by atoms with van der Waals surface area (Å²) in [5.41, 5.74) is 5.93. The summed E-state index contributed by atoms with van der Waals surface area (Å²) >= 11 is 6.57. The van der Waals surface area contributed by atoms with E-state index in [2.05, 4.69) is 16.2 Å². The molecule has 0 radical (unpaired) electrons. The molecule has 2 rings (SSSR count). The standard InChI is InChI=1S/C15H14FN3OS2/c16-12-5-3-11(4-6-12)10-17-15(21)19-18-14(20)8-7-13-2-1-9-22-13/h1-9H,10H2,(H,18,20)(H2,17,19,21)/b8-7+. The summed E-state index contributed by atoms with van der Waals surface area (Å²) in [5, 5.41) is 5.12. The third-order valence-corrected chi connectivity index (χ3v) is 3.69. The molecule has 0 aliphatic carbocycles. The topological polar surface area (TPSA) is 53.2 Å². The van der Waals surface area contributed by atoms with Crippen molar-refractivity contribution in [2.24, 2.45) is 0 Å². The van der Waals surface area contributed by atoms with Gasteiger partial charge in [0.2, 0.25) is 0 Å². The number of rotatable bonds is 4. The van der Waals surface area contributed by atoms with Crippen molar-refractivity contribution in [1.82, 2.24) is 16.2 Å². The smallest absolute Gasteiger partial charge is 0.262 e. The van der Waals surface area contributed by atoms with E-state index in [0.29, 0.717) is 6.54 Å². The number of thiophene rings is 1. The van der Waals surface area contributed by atoms with Gasteiger partial charge >= 0.3 is 0 Å². The van der Waals surface area contributed by atoms with Crippen molar-refractivity contribution in [3.8, 4) is 0 Å². The minimum absolute atomic E-state index is 0.280. The summed E-state index contributed by atoms with van der Waals surface area (Å²) in [6.07, 6.45) is 3.14. The largest absolute Gasteiger partial charge is 0.357 e. The van der Waals surface area contributed by atoms with E-state index in [4.69, 9.17) is 12.2 Å². The van der Waals surface area contributed by atoms with Crippen LogP contribution in [0.5, 0.6) is 0 Å². The van der Waals surface area contributed by atoms with Crippen molar-refractivity contribution < 1.29 is 9.18 Å². The van der Waals surface area contributed by atoms with Crippen LogP contribution in [0, 0.1) is 5.82 Å². The molecule has 0 bridgehead atoms. The lowest BCUT2D eigenvalue weighted by atomic mass is 10.2. The van der Waals surface area contributed by atoms with Crippen LogP contribution in [0.15, 0.2) is 47.9 Å². The van der Waals surface area contributed by atoms with E-state index in [0.717, 1.165) is 10.4 Å². The van der Waals surface area contributed by atoms with Crippen molar-refractivity contribution >= 4 is 40.7 Å². The van der Waals surface area contributed by atoms with Gasteiger partial charge in [-0.3, -0.25) is 15.6 Å². The molecule has 1 aromatic carbocycles. The van der Waals surface area contributed by atoms with Crippen LogP contribution < -0.4 is 16.2 Å². The van der Waals surface area contributed by atoms with Gasteiger partial charge in [0.1, 0.15) is 5.82 Å². The summed E-state index contributed by atoms with van der Waals surface area (Å²) in [6, 6.07) is 9.90. The summed E-state index contributed by atoms with van der Waals surface area (Å²) in [7, 11) is 0. The van der Waals surface area contributed by atoms with Crippen LogP contribution in [0.1, 0.15) is 10.4 Å². The highest BCUT2D eigenvalue weighted by atomic mass is 32.1. The first-order valence-corrected chi connectivity index (χ1v) is 7.72. The predicted molar refractivity (Wildman–Crippen MR) is 90.5 cm³/mol. The normalized spacial score (nSPS) is 10.4. The van der Waals surface area contributed by atoms with E-state index in [1.165, 1.54) is 18.2 Å². The molecule has 0 spiro atoms. The molecule has 114 valence electrons. The molecule has 0 saturated heterocycles. The minimum atomic E-state index is -0.306. The van der Waals surface area contributed by atoms with Gasteiger partial charge in [-0.05, 0) is 47.4 Å². The van der Waals surface area contributed by atoms with Crippen LogP contribution in [0.2, 0.25) is 0 Å². The van der Waals surface area contributed by atoms with E-state index in [-0.39, 0.29) is 16.8 Å². The molecule has 1 aromatic heterocycles. The highest BCUT2D eigenvalue weighted by molar-refractivity contribution is 7.80. The van der Waals surface area contributed by atoms with E-state index in [1.54, 1.807) is 29.5 Å². The number of carbonyl (C=O) groups is 1. The van der Waals surface area contributed by atoms with E-state index >= 15 is 0 Å². The number of thiocarbonyl (C=S) groups is 1. The Balaban J connectivity index is 1.68. The third kappa shape index (κ3) is 5.63. The Labute approximate surface area is 137 Å². The Bertz CT molecular complexity index is 654. The number of halogens is 1. The lowest BCUT2D eigenvalue weighted by Gasteiger charge is -2.10. The van der Waals surface area contributed by atoms with Gasteiger partial charge in [0, 0.05) is 17.5 Å². The predicted octanol–water partition coefficient (Wildman–Crippen LogP) is 2.60. The molecule has 0 fully saturated rings. The fourth-order valence-corrected chi connectivity index (χ4v) is 2.27.